The first-order valence-electron chi connectivity index (χ1n) is 9.28. The largest absolute Gasteiger partial charge is 0.348 e. The van der Waals surface area contributed by atoms with Crippen LogP contribution in [0, 0.1) is 19.8 Å². The molecule has 2 N–H and O–H groups in total. The van der Waals surface area contributed by atoms with Crippen molar-refractivity contribution in [2.24, 2.45) is 5.92 Å². The molecule has 1 heterocycles. The average molecular weight is 396 g/mol. The molecule has 1 fully saturated rings. The number of rotatable bonds is 6. The SMILES string of the molecule is Cc1ccc(C)c(S(=O)(=O)N2CCC[C@@H]2CNC(=O)C(=O)NCC(C)C)c1. The van der Waals surface area contributed by atoms with Gasteiger partial charge in [-0.15, -0.1) is 0 Å². The van der Waals surface area contributed by atoms with Crippen molar-refractivity contribution in [3.8, 4) is 0 Å². The van der Waals surface area contributed by atoms with Crippen molar-refractivity contribution in [2.75, 3.05) is 19.6 Å². The predicted molar refractivity (Wildman–Crippen MR) is 104 cm³/mol. The van der Waals surface area contributed by atoms with Gasteiger partial charge in [0.05, 0.1) is 4.90 Å². The van der Waals surface area contributed by atoms with Crippen LogP contribution in [-0.4, -0.2) is 50.2 Å². The zero-order valence-corrected chi connectivity index (χ0v) is 17.2. The number of hydrogen-bond acceptors (Lipinski definition) is 4. The molecule has 1 aromatic carbocycles. The van der Waals surface area contributed by atoms with Crippen molar-refractivity contribution in [3.63, 3.8) is 0 Å². The molecule has 1 aliphatic rings. The molecule has 7 nitrogen and oxygen atoms in total. The Balaban J connectivity index is 2.05. The van der Waals surface area contributed by atoms with Crippen LogP contribution in [0.2, 0.25) is 0 Å². The molecule has 150 valence electrons. The van der Waals surface area contributed by atoms with E-state index in [1.165, 1.54) is 4.31 Å². The van der Waals surface area contributed by atoms with E-state index in [1.54, 1.807) is 19.1 Å². The summed E-state index contributed by atoms with van der Waals surface area (Å²) in [5, 5.41) is 5.13. The van der Waals surface area contributed by atoms with Gasteiger partial charge in [0.1, 0.15) is 0 Å². The maximum absolute atomic E-state index is 13.1. The molecule has 1 saturated heterocycles. The molecule has 0 unspecified atom stereocenters. The summed E-state index contributed by atoms with van der Waals surface area (Å²) in [6, 6.07) is 5.01. The minimum Gasteiger partial charge on any atom is -0.348 e. The average Bonchev–Trinajstić information content (AvgIpc) is 3.08. The van der Waals surface area contributed by atoms with Gasteiger partial charge in [0.25, 0.3) is 0 Å². The van der Waals surface area contributed by atoms with Crippen molar-refractivity contribution in [1.82, 2.24) is 14.9 Å². The van der Waals surface area contributed by atoms with Crippen LogP contribution in [0.3, 0.4) is 0 Å². The number of benzene rings is 1. The Kier molecular flexibility index (Phi) is 7.00. The topological polar surface area (TPSA) is 95.6 Å². The Labute approximate surface area is 161 Å². The summed E-state index contributed by atoms with van der Waals surface area (Å²) in [6.45, 7) is 8.46. The van der Waals surface area contributed by atoms with Crippen LogP contribution in [0.5, 0.6) is 0 Å². The van der Waals surface area contributed by atoms with Crippen LogP contribution in [0.15, 0.2) is 23.1 Å². The minimum atomic E-state index is -3.65. The normalized spacial score (nSPS) is 17.9. The molecule has 0 radical (unpaired) electrons. The highest BCUT2D eigenvalue weighted by Gasteiger charge is 2.36. The third-order valence-electron chi connectivity index (χ3n) is 4.63. The third-order valence-corrected chi connectivity index (χ3v) is 6.72. The van der Waals surface area contributed by atoms with Gasteiger partial charge in [0, 0.05) is 25.7 Å². The molecular formula is C19H29N3O4S. The Morgan fingerprint density at radius 1 is 1.19 bits per heavy atom. The van der Waals surface area contributed by atoms with Gasteiger partial charge in [-0.2, -0.15) is 4.31 Å². The molecule has 1 aromatic rings. The van der Waals surface area contributed by atoms with E-state index >= 15 is 0 Å². The lowest BCUT2D eigenvalue weighted by molar-refractivity contribution is -0.139. The summed E-state index contributed by atoms with van der Waals surface area (Å²) in [5.74, 6) is -1.17. The molecule has 27 heavy (non-hydrogen) atoms. The summed E-state index contributed by atoms with van der Waals surface area (Å²) in [7, 11) is -3.65. The summed E-state index contributed by atoms with van der Waals surface area (Å²) >= 11 is 0. The number of nitrogens with zero attached hydrogens (tertiary/aromatic N) is 1. The zero-order chi connectivity index (χ0) is 20.2. The van der Waals surface area contributed by atoms with Crippen molar-refractivity contribution < 1.29 is 18.0 Å². The maximum Gasteiger partial charge on any atom is 0.309 e. The quantitative estimate of drug-likeness (QED) is 0.711. The van der Waals surface area contributed by atoms with Crippen LogP contribution >= 0.6 is 0 Å². The first-order chi connectivity index (χ1) is 12.6. The number of carbonyl (C=O) groups excluding carboxylic acids is 2. The Hall–Kier alpha value is -1.93. The lowest BCUT2D eigenvalue weighted by Crippen LogP contribution is -2.47. The number of sulfonamides is 1. The van der Waals surface area contributed by atoms with Crippen molar-refractivity contribution in [2.45, 2.75) is 51.5 Å². The molecule has 0 bridgehead atoms. The second-order valence-corrected chi connectivity index (χ2v) is 9.35. The van der Waals surface area contributed by atoms with Crippen LogP contribution < -0.4 is 10.6 Å². The molecule has 1 aliphatic heterocycles. The molecule has 1 atom stereocenters. The van der Waals surface area contributed by atoms with E-state index < -0.39 is 21.8 Å². The second-order valence-electron chi connectivity index (χ2n) is 7.49. The summed E-state index contributed by atoms with van der Waals surface area (Å²) in [5.41, 5.74) is 1.58. The van der Waals surface area contributed by atoms with Crippen molar-refractivity contribution in [3.05, 3.63) is 29.3 Å². The monoisotopic (exact) mass is 395 g/mol. The lowest BCUT2D eigenvalue weighted by atomic mass is 10.2. The molecule has 0 saturated carbocycles. The van der Waals surface area contributed by atoms with E-state index in [0.29, 0.717) is 30.0 Å². The first kappa shape index (κ1) is 21.4. The number of carbonyl (C=O) groups is 2. The van der Waals surface area contributed by atoms with Gasteiger partial charge in [-0.3, -0.25) is 9.59 Å². The van der Waals surface area contributed by atoms with E-state index in [0.717, 1.165) is 12.0 Å². The fourth-order valence-corrected chi connectivity index (χ4v) is 5.11. The van der Waals surface area contributed by atoms with Crippen molar-refractivity contribution in [1.29, 1.82) is 0 Å². The van der Waals surface area contributed by atoms with E-state index in [-0.39, 0.29) is 18.5 Å². The van der Waals surface area contributed by atoms with Gasteiger partial charge in [-0.1, -0.05) is 26.0 Å². The van der Waals surface area contributed by atoms with Crippen LogP contribution in [-0.2, 0) is 19.6 Å². The fraction of sp³-hybridized carbons (Fsp3) is 0.579. The molecule has 0 spiro atoms. The van der Waals surface area contributed by atoms with Gasteiger partial charge < -0.3 is 10.6 Å². The highest BCUT2D eigenvalue weighted by Crippen LogP contribution is 2.28. The van der Waals surface area contributed by atoms with Crippen LogP contribution in [0.4, 0.5) is 0 Å². The summed E-state index contributed by atoms with van der Waals surface area (Å²) in [6.07, 6.45) is 1.38. The fourth-order valence-electron chi connectivity index (χ4n) is 3.11. The Bertz CT molecular complexity index is 805. The zero-order valence-electron chi connectivity index (χ0n) is 16.4. The van der Waals surface area contributed by atoms with E-state index in [1.807, 2.05) is 26.8 Å². The summed E-state index contributed by atoms with van der Waals surface area (Å²) < 4.78 is 27.7. The van der Waals surface area contributed by atoms with Crippen molar-refractivity contribution >= 4 is 21.8 Å². The first-order valence-corrected chi connectivity index (χ1v) is 10.7. The Morgan fingerprint density at radius 3 is 2.52 bits per heavy atom. The molecular weight excluding hydrogens is 366 g/mol. The van der Waals surface area contributed by atoms with Gasteiger partial charge in [-0.05, 0) is 49.8 Å². The third kappa shape index (κ3) is 5.29. The number of hydrogen-bond donors (Lipinski definition) is 2. The van der Waals surface area contributed by atoms with Gasteiger partial charge in [0.2, 0.25) is 10.0 Å². The lowest BCUT2D eigenvalue weighted by Gasteiger charge is -2.25. The van der Waals surface area contributed by atoms with Crippen LogP contribution in [0.25, 0.3) is 0 Å². The number of aryl methyl sites for hydroxylation is 2. The van der Waals surface area contributed by atoms with Gasteiger partial charge >= 0.3 is 11.8 Å². The number of amides is 2. The minimum absolute atomic E-state index is 0.123. The van der Waals surface area contributed by atoms with E-state index in [9.17, 15) is 18.0 Å². The molecule has 2 rings (SSSR count). The standard InChI is InChI=1S/C19H29N3O4S/c1-13(2)11-20-18(23)19(24)21-12-16-6-5-9-22(16)27(25,26)17-10-14(3)7-8-15(17)4/h7-8,10,13,16H,5-6,9,11-12H2,1-4H3,(H,20,23)(H,21,24)/t16-/m1/s1. The highest BCUT2D eigenvalue weighted by atomic mass is 32.2. The smallest absolute Gasteiger partial charge is 0.309 e. The van der Waals surface area contributed by atoms with E-state index in [2.05, 4.69) is 10.6 Å². The molecule has 8 heteroatoms. The second kappa shape index (κ2) is 8.84. The summed E-state index contributed by atoms with van der Waals surface area (Å²) in [4.78, 5) is 24.0. The van der Waals surface area contributed by atoms with Gasteiger partial charge in [-0.25, -0.2) is 8.42 Å². The Morgan fingerprint density at radius 2 is 1.85 bits per heavy atom. The van der Waals surface area contributed by atoms with Gasteiger partial charge in [0.15, 0.2) is 0 Å². The predicted octanol–water partition coefficient (Wildman–Crippen LogP) is 1.34. The van der Waals surface area contributed by atoms with Crippen LogP contribution in [0.1, 0.15) is 37.8 Å². The van der Waals surface area contributed by atoms with E-state index in [4.69, 9.17) is 0 Å². The number of nitrogens with one attached hydrogen (secondary N) is 2. The molecule has 0 aromatic heterocycles. The molecule has 0 aliphatic carbocycles. The molecule has 2 amide bonds. The maximum atomic E-state index is 13.1. The highest BCUT2D eigenvalue weighted by molar-refractivity contribution is 7.89.